The Morgan fingerprint density at radius 1 is 1.13 bits per heavy atom. The quantitative estimate of drug-likeness (QED) is 0.572. The van der Waals surface area contributed by atoms with E-state index >= 15 is 0 Å². The van der Waals surface area contributed by atoms with Crippen molar-refractivity contribution in [1.29, 1.82) is 0 Å². The molecule has 0 saturated carbocycles. The molecule has 3 nitrogen and oxygen atoms in total. The highest BCUT2D eigenvalue weighted by Crippen LogP contribution is 2.19. The number of hydrogen-bond donors (Lipinski definition) is 0. The largest absolute Gasteiger partial charge is 0.398 e. The summed E-state index contributed by atoms with van der Waals surface area (Å²) >= 11 is 0. The van der Waals surface area contributed by atoms with Gasteiger partial charge in [0, 0.05) is 15.6 Å². The van der Waals surface area contributed by atoms with Crippen LogP contribution < -0.4 is 0 Å². The van der Waals surface area contributed by atoms with Crippen LogP contribution in [0.3, 0.4) is 0 Å². The van der Waals surface area contributed by atoms with Crippen molar-refractivity contribution in [3.63, 3.8) is 0 Å². The summed E-state index contributed by atoms with van der Waals surface area (Å²) in [6.45, 7) is 8.05. The maximum Gasteiger partial charge on any atom is 0.337 e. The van der Waals surface area contributed by atoms with Crippen molar-refractivity contribution in [1.82, 2.24) is 4.90 Å². The van der Waals surface area contributed by atoms with Gasteiger partial charge in [-0.15, -0.1) is 0 Å². The molecule has 0 aliphatic rings. The molecule has 1 unspecified atom stereocenters. The molecule has 0 aromatic rings. The molecule has 0 heterocycles. The average molecular weight is 234 g/mol. The van der Waals surface area contributed by atoms with Gasteiger partial charge in [-0.1, -0.05) is 20.8 Å². The maximum absolute atomic E-state index is 8.07. The van der Waals surface area contributed by atoms with Crippen LogP contribution in [0.25, 0.3) is 0 Å². The minimum Gasteiger partial charge on any atom is -0.398 e. The van der Waals surface area contributed by atoms with Crippen molar-refractivity contribution in [2.75, 3.05) is 33.8 Å². The van der Waals surface area contributed by atoms with E-state index in [2.05, 4.69) is 25.7 Å². The van der Waals surface area contributed by atoms with E-state index in [9.17, 15) is 0 Å². The van der Waals surface area contributed by atoms with Gasteiger partial charge in [-0.2, -0.15) is 0 Å². The van der Waals surface area contributed by atoms with E-state index in [0.29, 0.717) is 0 Å². The summed E-state index contributed by atoms with van der Waals surface area (Å²) < 4.78 is 19.2. The first-order valence-electron chi connectivity index (χ1n) is 6.43. The fraction of sp³-hybridized carbons (Fsp3) is 1.00. The van der Waals surface area contributed by atoms with Gasteiger partial charge in [-0.05, 0) is 38.1 Å². The van der Waals surface area contributed by atoms with Gasteiger partial charge in [-0.3, -0.25) is 0 Å². The molecule has 0 bridgehead atoms. The third-order valence-corrected chi connectivity index (χ3v) is 6.62. The highest BCUT2D eigenvalue weighted by atomic mass is 28.4. The molecule has 0 fully saturated rings. The van der Waals surface area contributed by atoms with Crippen LogP contribution in [0.5, 0.6) is 0 Å². The normalized spacial score (nSPS) is 15.5. The molecule has 0 rings (SSSR count). The standard InChI is InChI=1S/C11H27NO2Si/c1-6-12(7-2)10-9-11-15(8-3,13-4)14-5/h6-11H2,1-5H3/i10D. The first-order valence-corrected chi connectivity index (χ1v) is 8.08. The highest BCUT2D eigenvalue weighted by Gasteiger charge is 2.32. The number of rotatable bonds is 9. The van der Waals surface area contributed by atoms with Gasteiger partial charge in [-0.25, -0.2) is 0 Å². The van der Waals surface area contributed by atoms with Crippen LogP contribution in [0.15, 0.2) is 0 Å². The lowest BCUT2D eigenvalue weighted by atomic mass is 10.4. The maximum atomic E-state index is 8.07. The molecule has 0 saturated heterocycles. The first-order chi connectivity index (χ1) is 7.59. The predicted octanol–water partition coefficient (Wildman–Crippen LogP) is 2.47. The van der Waals surface area contributed by atoms with Crippen molar-refractivity contribution < 1.29 is 10.2 Å². The van der Waals surface area contributed by atoms with Gasteiger partial charge in [0.25, 0.3) is 0 Å². The Morgan fingerprint density at radius 2 is 1.67 bits per heavy atom. The molecule has 0 aliphatic heterocycles. The lowest BCUT2D eigenvalue weighted by molar-refractivity contribution is 0.236. The molecule has 0 radical (unpaired) electrons. The Labute approximate surface area is 97.4 Å². The van der Waals surface area contributed by atoms with Crippen LogP contribution >= 0.6 is 0 Å². The molecule has 0 spiro atoms. The summed E-state index contributed by atoms with van der Waals surface area (Å²) in [5.74, 6) is 0. The second-order valence-electron chi connectivity index (χ2n) is 3.61. The second-order valence-corrected chi connectivity index (χ2v) is 7.46. The average Bonchev–Trinajstić information content (AvgIpc) is 2.33. The van der Waals surface area contributed by atoms with Crippen LogP contribution in [0.2, 0.25) is 12.1 Å². The monoisotopic (exact) mass is 234 g/mol. The minimum atomic E-state index is -2.00. The summed E-state index contributed by atoms with van der Waals surface area (Å²) in [6, 6.07) is 1.85. The van der Waals surface area contributed by atoms with Crippen molar-refractivity contribution in [2.45, 2.75) is 39.3 Å². The Hall–Kier alpha value is 0.0969. The molecular formula is C11H27NO2Si. The van der Waals surface area contributed by atoms with E-state index in [1.54, 1.807) is 14.2 Å². The van der Waals surface area contributed by atoms with E-state index < -0.39 is 8.56 Å². The Kier molecular flexibility index (Phi) is 7.26. The van der Waals surface area contributed by atoms with E-state index in [1.165, 1.54) is 0 Å². The van der Waals surface area contributed by atoms with Crippen molar-refractivity contribution >= 4 is 8.56 Å². The zero-order chi connectivity index (χ0) is 12.6. The molecule has 0 aromatic heterocycles. The summed E-state index contributed by atoms with van der Waals surface area (Å²) in [7, 11) is 1.47. The summed E-state index contributed by atoms with van der Waals surface area (Å²) in [5, 5.41) is 0. The number of nitrogens with zero attached hydrogens (tertiary/aromatic N) is 1. The lowest BCUT2D eigenvalue weighted by Crippen LogP contribution is -2.40. The second kappa shape index (κ2) is 8.27. The van der Waals surface area contributed by atoms with Gasteiger partial charge in [0.1, 0.15) is 0 Å². The molecule has 0 N–H and O–H groups in total. The predicted molar refractivity (Wildman–Crippen MR) is 67.5 cm³/mol. The third-order valence-electron chi connectivity index (χ3n) is 3.01. The zero-order valence-corrected chi connectivity index (χ0v) is 11.9. The fourth-order valence-electron chi connectivity index (χ4n) is 1.70. The topological polar surface area (TPSA) is 21.7 Å². The molecule has 92 valence electrons. The summed E-state index contributed by atoms with van der Waals surface area (Å²) in [4.78, 5) is 2.15. The zero-order valence-electron chi connectivity index (χ0n) is 11.9. The van der Waals surface area contributed by atoms with Gasteiger partial charge >= 0.3 is 8.56 Å². The molecule has 15 heavy (non-hydrogen) atoms. The Morgan fingerprint density at radius 3 is 2.00 bits per heavy atom. The number of hydrogen-bond acceptors (Lipinski definition) is 3. The van der Waals surface area contributed by atoms with Crippen LogP contribution in [0.4, 0.5) is 0 Å². The summed E-state index contributed by atoms with van der Waals surface area (Å²) in [5.41, 5.74) is 0. The van der Waals surface area contributed by atoms with Gasteiger partial charge in [0.2, 0.25) is 0 Å². The third kappa shape index (κ3) is 5.11. The van der Waals surface area contributed by atoms with Crippen LogP contribution in [0, 0.1) is 0 Å². The SMILES string of the molecule is [2H]C(CC[Si](CC)(OC)OC)N(CC)CC. The lowest BCUT2D eigenvalue weighted by Gasteiger charge is -2.27. The highest BCUT2D eigenvalue weighted by molar-refractivity contribution is 6.67. The van der Waals surface area contributed by atoms with Gasteiger partial charge in [0.15, 0.2) is 0 Å². The van der Waals surface area contributed by atoms with Crippen LogP contribution in [0.1, 0.15) is 28.6 Å². The van der Waals surface area contributed by atoms with E-state index in [1.807, 2.05) is 0 Å². The van der Waals surface area contributed by atoms with Crippen molar-refractivity contribution in [3.8, 4) is 0 Å². The van der Waals surface area contributed by atoms with E-state index in [-0.39, 0.29) is 6.52 Å². The fourth-order valence-corrected chi connectivity index (χ4v) is 3.78. The van der Waals surface area contributed by atoms with Gasteiger partial charge in [0.05, 0.1) is 0 Å². The first kappa shape index (κ1) is 13.2. The molecule has 0 aromatic carbocycles. The van der Waals surface area contributed by atoms with Crippen molar-refractivity contribution in [2.24, 2.45) is 0 Å². The van der Waals surface area contributed by atoms with Crippen LogP contribution in [-0.2, 0) is 8.85 Å². The Bertz CT molecular complexity index is 167. The molecule has 0 amide bonds. The molecule has 0 aliphatic carbocycles. The minimum absolute atomic E-state index is 0.126. The molecule has 1 atom stereocenters. The molecular weight excluding hydrogens is 206 g/mol. The Balaban J connectivity index is 4.19. The molecule has 4 heteroatoms. The van der Waals surface area contributed by atoms with E-state index in [4.69, 9.17) is 10.2 Å². The van der Waals surface area contributed by atoms with E-state index in [0.717, 1.165) is 31.6 Å². The summed E-state index contributed by atoms with van der Waals surface area (Å²) in [6.07, 6.45) is 0.837. The smallest absolute Gasteiger partial charge is 0.337 e. The van der Waals surface area contributed by atoms with Gasteiger partial charge < -0.3 is 13.8 Å². The van der Waals surface area contributed by atoms with Crippen LogP contribution in [-0.4, -0.2) is 47.3 Å². The van der Waals surface area contributed by atoms with Crippen molar-refractivity contribution in [3.05, 3.63) is 0 Å².